The summed E-state index contributed by atoms with van der Waals surface area (Å²) < 4.78 is 18.3. The van der Waals surface area contributed by atoms with Crippen molar-refractivity contribution < 1.29 is 18.5 Å². The highest BCUT2D eigenvalue weighted by Gasteiger charge is 2.12. The summed E-state index contributed by atoms with van der Waals surface area (Å²) in [5, 5.41) is 8.70. The summed E-state index contributed by atoms with van der Waals surface area (Å²) in [6.07, 6.45) is 1.44. The van der Waals surface area contributed by atoms with E-state index in [2.05, 4.69) is 15.8 Å². The van der Waals surface area contributed by atoms with Crippen molar-refractivity contribution in [2.45, 2.75) is 27.7 Å². The lowest BCUT2D eigenvalue weighted by molar-refractivity contribution is -0.121. The number of hydrogen-bond acceptors (Lipinski definition) is 4. The number of carbonyl (C=O) groups excluding carboxylic acids is 2. The maximum absolute atomic E-state index is 13.5. The molecule has 2 amide bonds. The maximum Gasteiger partial charge on any atom is 0.245 e. The first kappa shape index (κ1) is 19.4. The van der Waals surface area contributed by atoms with Crippen LogP contribution in [-0.4, -0.2) is 23.5 Å². The average molecular weight is 359 g/mol. The number of nitrogens with zero attached hydrogens (tertiary/aromatic N) is 1. The number of hydrogen-bond donors (Lipinski definition) is 2. The molecule has 0 fully saturated rings. The van der Waals surface area contributed by atoms with Crippen LogP contribution in [-0.2, 0) is 9.59 Å². The second-order valence-electron chi connectivity index (χ2n) is 6.31. The van der Waals surface area contributed by atoms with Gasteiger partial charge in [-0.25, -0.2) is 4.39 Å². The standard InChI is InChI=1S/C19H22FN3O3/c1-11(2)15(14-5-6-16(20)12(3)7-14)9-18(24)21-10-19(25)22-17-8-13(4)26-23-17/h5-9,11H,10H2,1-4H3,(H,21,24)(H,22,23,25)/b15-9+. The van der Waals surface area contributed by atoms with Gasteiger partial charge in [-0.2, -0.15) is 0 Å². The van der Waals surface area contributed by atoms with Crippen molar-refractivity contribution in [3.63, 3.8) is 0 Å². The van der Waals surface area contributed by atoms with Crippen LogP contribution in [0.3, 0.4) is 0 Å². The van der Waals surface area contributed by atoms with E-state index in [1.54, 1.807) is 32.0 Å². The summed E-state index contributed by atoms with van der Waals surface area (Å²) >= 11 is 0. The number of aryl methyl sites for hydroxylation is 2. The Morgan fingerprint density at radius 1 is 1.27 bits per heavy atom. The molecule has 0 saturated carbocycles. The lowest BCUT2D eigenvalue weighted by Crippen LogP contribution is -2.32. The van der Waals surface area contributed by atoms with Crippen LogP contribution in [0.5, 0.6) is 0 Å². The Morgan fingerprint density at radius 2 is 2.00 bits per heavy atom. The fourth-order valence-electron chi connectivity index (χ4n) is 2.38. The summed E-state index contributed by atoms with van der Waals surface area (Å²) in [5.74, 6) is -0.185. The Balaban J connectivity index is 2.01. The molecular weight excluding hydrogens is 337 g/mol. The van der Waals surface area contributed by atoms with Crippen LogP contribution in [0.25, 0.3) is 5.57 Å². The molecule has 2 rings (SSSR count). The van der Waals surface area contributed by atoms with Crippen molar-refractivity contribution in [2.24, 2.45) is 5.92 Å². The molecule has 0 unspecified atom stereocenters. The molecule has 0 saturated heterocycles. The molecule has 7 heteroatoms. The molecule has 6 nitrogen and oxygen atoms in total. The molecular formula is C19H22FN3O3. The number of benzene rings is 1. The van der Waals surface area contributed by atoms with E-state index in [1.165, 1.54) is 12.1 Å². The van der Waals surface area contributed by atoms with Gasteiger partial charge in [-0.3, -0.25) is 9.59 Å². The third-order valence-electron chi connectivity index (χ3n) is 3.72. The molecule has 0 aliphatic heterocycles. The Kier molecular flexibility index (Phi) is 6.27. The zero-order chi connectivity index (χ0) is 19.3. The van der Waals surface area contributed by atoms with E-state index >= 15 is 0 Å². The highest BCUT2D eigenvalue weighted by molar-refractivity contribution is 5.99. The molecule has 1 heterocycles. The van der Waals surface area contributed by atoms with Gasteiger partial charge in [0.2, 0.25) is 11.8 Å². The smallest absolute Gasteiger partial charge is 0.245 e. The highest BCUT2D eigenvalue weighted by atomic mass is 19.1. The lowest BCUT2D eigenvalue weighted by Gasteiger charge is -2.13. The Bertz CT molecular complexity index is 840. The molecule has 1 aromatic heterocycles. The van der Waals surface area contributed by atoms with Gasteiger partial charge in [0.05, 0.1) is 6.54 Å². The Labute approximate surface area is 151 Å². The molecule has 0 aliphatic rings. The average Bonchev–Trinajstić information content (AvgIpc) is 2.98. The highest BCUT2D eigenvalue weighted by Crippen LogP contribution is 2.24. The van der Waals surface area contributed by atoms with Crippen LogP contribution < -0.4 is 10.6 Å². The topological polar surface area (TPSA) is 84.2 Å². The molecule has 0 aliphatic carbocycles. The molecule has 138 valence electrons. The van der Waals surface area contributed by atoms with Gasteiger partial charge in [-0.15, -0.1) is 0 Å². The van der Waals surface area contributed by atoms with Gasteiger partial charge < -0.3 is 15.2 Å². The Morgan fingerprint density at radius 3 is 2.58 bits per heavy atom. The van der Waals surface area contributed by atoms with Crippen molar-refractivity contribution in [2.75, 3.05) is 11.9 Å². The van der Waals surface area contributed by atoms with Crippen LogP contribution in [0.15, 0.2) is 34.9 Å². The number of nitrogens with one attached hydrogen (secondary N) is 2. The number of aromatic nitrogens is 1. The van der Waals surface area contributed by atoms with Crippen molar-refractivity contribution in [3.05, 3.63) is 53.0 Å². The second-order valence-corrected chi connectivity index (χ2v) is 6.31. The molecule has 2 aromatic rings. The minimum atomic E-state index is -0.413. The van der Waals surface area contributed by atoms with Crippen molar-refractivity contribution in [1.29, 1.82) is 0 Å². The predicted molar refractivity (Wildman–Crippen MR) is 96.8 cm³/mol. The summed E-state index contributed by atoms with van der Waals surface area (Å²) in [4.78, 5) is 24.0. The van der Waals surface area contributed by atoms with E-state index in [9.17, 15) is 14.0 Å². The first-order valence-electron chi connectivity index (χ1n) is 8.25. The maximum atomic E-state index is 13.5. The van der Waals surface area contributed by atoms with Crippen LogP contribution >= 0.6 is 0 Å². The van der Waals surface area contributed by atoms with E-state index in [-0.39, 0.29) is 18.3 Å². The zero-order valence-electron chi connectivity index (χ0n) is 15.2. The van der Waals surface area contributed by atoms with E-state index in [0.29, 0.717) is 17.1 Å². The van der Waals surface area contributed by atoms with Gasteiger partial charge in [-0.05, 0) is 48.6 Å². The summed E-state index contributed by atoms with van der Waals surface area (Å²) in [7, 11) is 0. The monoisotopic (exact) mass is 359 g/mol. The van der Waals surface area contributed by atoms with Crippen molar-refractivity contribution in [1.82, 2.24) is 10.5 Å². The number of amides is 2. The van der Waals surface area contributed by atoms with E-state index in [0.717, 1.165) is 11.1 Å². The van der Waals surface area contributed by atoms with Gasteiger partial charge in [0.1, 0.15) is 11.6 Å². The molecule has 0 radical (unpaired) electrons. The minimum Gasteiger partial charge on any atom is -0.360 e. The van der Waals surface area contributed by atoms with Gasteiger partial charge in [0.15, 0.2) is 5.82 Å². The first-order chi connectivity index (χ1) is 12.3. The van der Waals surface area contributed by atoms with Crippen molar-refractivity contribution >= 4 is 23.2 Å². The van der Waals surface area contributed by atoms with Crippen LogP contribution in [0.2, 0.25) is 0 Å². The normalized spacial score (nSPS) is 11.5. The van der Waals surface area contributed by atoms with Gasteiger partial charge in [0.25, 0.3) is 0 Å². The quantitative estimate of drug-likeness (QED) is 0.776. The fraction of sp³-hybridized carbons (Fsp3) is 0.316. The fourth-order valence-corrected chi connectivity index (χ4v) is 2.38. The Hall–Kier alpha value is -2.96. The van der Waals surface area contributed by atoms with Crippen LogP contribution in [0.4, 0.5) is 10.2 Å². The number of halogens is 1. The third-order valence-corrected chi connectivity index (χ3v) is 3.72. The van der Waals surface area contributed by atoms with E-state index in [4.69, 9.17) is 4.52 Å². The molecule has 0 spiro atoms. The van der Waals surface area contributed by atoms with E-state index in [1.807, 2.05) is 13.8 Å². The van der Waals surface area contributed by atoms with Gasteiger partial charge >= 0.3 is 0 Å². The second kappa shape index (κ2) is 8.42. The van der Waals surface area contributed by atoms with Crippen LogP contribution in [0, 0.1) is 25.6 Å². The van der Waals surface area contributed by atoms with Gasteiger partial charge in [0, 0.05) is 12.1 Å². The minimum absolute atomic E-state index is 0.0533. The molecule has 0 bridgehead atoms. The molecule has 1 aromatic carbocycles. The van der Waals surface area contributed by atoms with Gasteiger partial charge in [-0.1, -0.05) is 25.1 Å². The molecule has 26 heavy (non-hydrogen) atoms. The van der Waals surface area contributed by atoms with Crippen LogP contribution in [0.1, 0.15) is 30.7 Å². The first-order valence-corrected chi connectivity index (χ1v) is 8.25. The summed E-state index contributed by atoms with van der Waals surface area (Å²) in [6, 6.07) is 6.30. The van der Waals surface area contributed by atoms with E-state index < -0.39 is 11.8 Å². The van der Waals surface area contributed by atoms with Crippen molar-refractivity contribution in [3.8, 4) is 0 Å². The summed E-state index contributed by atoms with van der Waals surface area (Å²) in [5.41, 5.74) is 2.05. The number of carbonyl (C=O) groups is 2. The largest absolute Gasteiger partial charge is 0.360 e. The number of allylic oxidation sites excluding steroid dienone is 1. The summed E-state index contributed by atoms with van der Waals surface area (Å²) in [6.45, 7) is 7.07. The third kappa shape index (κ3) is 5.27. The lowest BCUT2D eigenvalue weighted by atomic mass is 9.93. The SMILES string of the molecule is Cc1cc(NC(=O)CNC(=O)/C=C(/c2ccc(F)c(C)c2)C(C)C)no1. The number of anilines is 1. The zero-order valence-corrected chi connectivity index (χ0v) is 15.2. The predicted octanol–water partition coefficient (Wildman–Crippen LogP) is 3.22. The molecule has 0 atom stereocenters. The molecule has 2 N–H and O–H groups in total. The number of rotatable bonds is 6.